The predicted molar refractivity (Wildman–Crippen MR) is 71.6 cm³/mol. The Hall–Kier alpha value is -2.22. The van der Waals surface area contributed by atoms with E-state index < -0.39 is 24.5 Å². The van der Waals surface area contributed by atoms with Crippen LogP contribution in [0.2, 0.25) is 0 Å². The van der Waals surface area contributed by atoms with Gasteiger partial charge in [-0.1, -0.05) is 0 Å². The van der Waals surface area contributed by atoms with E-state index in [1.54, 1.807) is 0 Å². The van der Waals surface area contributed by atoms with Gasteiger partial charge in [0.05, 0.1) is 5.56 Å². The summed E-state index contributed by atoms with van der Waals surface area (Å²) in [5.74, 6) is -2.57. The van der Waals surface area contributed by atoms with Gasteiger partial charge >= 0.3 is 18.5 Å². The quantitative estimate of drug-likeness (QED) is 0.630. The van der Waals surface area contributed by atoms with Crippen LogP contribution in [0, 0.1) is 0 Å². The Labute approximate surface area is 119 Å². The number of carbonyl (C=O) groups is 2. The molecule has 0 aromatic heterocycles. The number of alkyl halides is 2. The molecule has 0 saturated carbocycles. The smallest absolute Gasteiger partial charge is 0.335 e. The third-order valence-electron chi connectivity index (χ3n) is 2.93. The fourth-order valence-corrected chi connectivity index (χ4v) is 1.90. The van der Waals surface area contributed by atoms with Gasteiger partial charge in [0.1, 0.15) is 6.04 Å². The number of nitrogens with zero attached hydrogens (tertiary/aromatic N) is 1. The van der Waals surface area contributed by atoms with E-state index in [1.165, 1.54) is 0 Å². The zero-order valence-electron chi connectivity index (χ0n) is 11.1. The zero-order chi connectivity index (χ0) is 16.0. The van der Waals surface area contributed by atoms with Crippen LogP contribution in [0.25, 0.3) is 0 Å². The van der Waals surface area contributed by atoms with Crippen LogP contribution in [0.1, 0.15) is 23.2 Å². The van der Waals surface area contributed by atoms with E-state index >= 15 is 0 Å². The van der Waals surface area contributed by atoms with Crippen molar-refractivity contribution in [2.24, 2.45) is 5.73 Å². The molecule has 0 bridgehead atoms. The first kappa shape index (κ1) is 16.8. The number of carboxylic acids is 2. The van der Waals surface area contributed by atoms with Crippen molar-refractivity contribution in [2.75, 3.05) is 11.4 Å². The number of rotatable bonds is 8. The third kappa shape index (κ3) is 4.38. The van der Waals surface area contributed by atoms with Crippen molar-refractivity contribution in [3.05, 3.63) is 29.8 Å². The summed E-state index contributed by atoms with van der Waals surface area (Å²) in [6, 6.07) is 3.19. The van der Waals surface area contributed by atoms with E-state index in [9.17, 15) is 18.4 Å². The van der Waals surface area contributed by atoms with Crippen LogP contribution in [0.3, 0.4) is 0 Å². The second-order valence-corrected chi connectivity index (χ2v) is 4.32. The SMILES string of the molecule is NCCC[C@@H](C(=O)O)N(c1ccc(C(=O)O)cc1)C(F)F. The Morgan fingerprint density at radius 1 is 1.19 bits per heavy atom. The van der Waals surface area contributed by atoms with E-state index in [0.717, 1.165) is 24.3 Å². The first-order valence-electron chi connectivity index (χ1n) is 6.21. The third-order valence-corrected chi connectivity index (χ3v) is 2.93. The second kappa shape index (κ2) is 7.53. The minimum atomic E-state index is -3.03. The number of hydrogen-bond acceptors (Lipinski definition) is 4. The lowest BCUT2D eigenvalue weighted by Crippen LogP contribution is -2.44. The Morgan fingerprint density at radius 3 is 2.14 bits per heavy atom. The molecule has 0 aliphatic carbocycles. The number of benzene rings is 1. The van der Waals surface area contributed by atoms with Crippen molar-refractivity contribution in [1.82, 2.24) is 0 Å². The topological polar surface area (TPSA) is 104 Å². The number of aliphatic carboxylic acids is 1. The molecule has 0 unspecified atom stereocenters. The Balaban J connectivity index is 3.08. The monoisotopic (exact) mass is 302 g/mol. The molecule has 4 N–H and O–H groups in total. The lowest BCUT2D eigenvalue weighted by atomic mass is 10.1. The van der Waals surface area contributed by atoms with Gasteiger partial charge in [0, 0.05) is 5.69 Å². The van der Waals surface area contributed by atoms with Crippen molar-refractivity contribution in [2.45, 2.75) is 25.4 Å². The van der Waals surface area contributed by atoms with Gasteiger partial charge in [-0.15, -0.1) is 0 Å². The average molecular weight is 302 g/mol. The highest BCUT2D eigenvalue weighted by Crippen LogP contribution is 2.24. The van der Waals surface area contributed by atoms with E-state index in [0.29, 0.717) is 4.90 Å². The molecule has 6 nitrogen and oxygen atoms in total. The molecule has 1 aromatic carbocycles. The summed E-state index contributed by atoms with van der Waals surface area (Å²) >= 11 is 0. The van der Waals surface area contributed by atoms with Gasteiger partial charge in [0.2, 0.25) is 0 Å². The number of hydrogen-bond donors (Lipinski definition) is 3. The molecule has 1 atom stereocenters. The maximum atomic E-state index is 13.2. The summed E-state index contributed by atoms with van der Waals surface area (Å²) in [6.45, 7) is -2.83. The average Bonchev–Trinajstić information content (AvgIpc) is 2.42. The minimum Gasteiger partial charge on any atom is -0.480 e. The van der Waals surface area contributed by atoms with Gasteiger partial charge in [-0.25, -0.2) is 9.59 Å². The molecule has 116 valence electrons. The van der Waals surface area contributed by atoms with Crippen molar-refractivity contribution >= 4 is 17.6 Å². The number of aromatic carboxylic acids is 1. The molecule has 0 fully saturated rings. The summed E-state index contributed by atoms with van der Waals surface area (Å²) in [7, 11) is 0. The molecule has 0 aliphatic rings. The molecule has 0 radical (unpaired) electrons. The molecular weight excluding hydrogens is 286 g/mol. The highest BCUT2D eigenvalue weighted by Gasteiger charge is 2.31. The Kier molecular flexibility index (Phi) is 6.04. The minimum absolute atomic E-state index is 0.0309. The van der Waals surface area contributed by atoms with Crippen molar-refractivity contribution in [3.8, 4) is 0 Å². The van der Waals surface area contributed by atoms with Gasteiger partial charge in [-0.05, 0) is 43.7 Å². The number of anilines is 1. The van der Waals surface area contributed by atoms with Crippen molar-refractivity contribution in [1.29, 1.82) is 0 Å². The molecular formula is C13H16F2N2O4. The standard InChI is InChI=1S/C13H16F2N2O4/c14-13(15)17(10(12(20)21)2-1-7-16)9-5-3-8(4-6-9)11(18)19/h3-6,10,13H,1-2,7,16H2,(H,18,19)(H,20,21)/t10-/m0/s1. The summed E-state index contributed by atoms with van der Waals surface area (Å²) in [6.07, 6.45) is 0.254. The van der Waals surface area contributed by atoms with Crippen LogP contribution < -0.4 is 10.6 Å². The van der Waals surface area contributed by atoms with Crippen LogP contribution >= 0.6 is 0 Å². The van der Waals surface area contributed by atoms with E-state index in [1.807, 2.05) is 0 Å². The molecule has 0 aliphatic heterocycles. The Morgan fingerprint density at radius 2 is 1.76 bits per heavy atom. The molecule has 0 spiro atoms. The van der Waals surface area contributed by atoms with Gasteiger partial charge in [-0.2, -0.15) is 8.78 Å². The molecule has 1 aromatic rings. The lowest BCUT2D eigenvalue weighted by Gasteiger charge is -2.30. The molecule has 1 rings (SSSR count). The van der Waals surface area contributed by atoms with Crippen LogP contribution in [0.15, 0.2) is 24.3 Å². The summed E-state index contributed by atoms with van der Waals surface area (Å²) in [5, 5.41) is 17.9. The first-order valence-corrected chi connectivity index (χ1v) is 6.21. The molecule has 0 amide bonds. The normalized spacial score (nSPS) is 12.2. The highest BCUT2D eigenvalue weighted by molar-refractivity contribution is 5.88. The number of nitrogens with two attached hydrogens (primary N) is 1. The van der Waals surface area contributed by atoms with Crippen LogP contribution in [-0.4, -0.2) is 41.3 Å². The Bertz CT molecular complexity index is 493. The van der Waals surface area contributed by atoms with Crippen molar-refractivity contribution < 1.29 is 28.6 Å². The molecule has 8 heteroatoms. The lowest BCUT2D eigenvalue weighted by molar-refractivity contribution is -0.139. The summed E-state index contributed by atoms with van der Waals surface area (Å²) < 4.78 is 26.4. The fourth-order valence-electron chi connectivity index (χ4n) is 1.90. The van der Waals surface area contributed by atoms with Gasteiger partial charge in [0.15, 0.2) is 0 Å². The maximum absolute atomic E-state index is 13.2. The van der Waals surface area contributed by atoms with Crippen molar-refractivity contribution in [3.63, 3.8) is 0 Å². The first-order chi connectivity index (χ1) is 9.88. The summed E-state index contributed by atoms with van der Waals surface area (Å²) in [5.41, 5.74) is 5.16. The molecule has 0 heterocycles. The second-order valence-electron chi connectivity index (χ2n) is 4.32. The predicted octanol–water partition coefficient (Wildman–Crippen LogP) is 1.61. The highest BCUT2D eigenvalue weighted by atomic mass is 19.3. The number of carboxylic acid groups (broad SMARTS) is 2. The largest absolute Gasteiger partial charge is 0.480 e. The molecule has 21 heavy (non-hydrogen) atoms. The zero-order valence-corrected chi connectivity index (χ0v) is 11.1. The fraction of sp³-hybridized carbons (Fsp3) is 0.385. The van der Waals surface area contributed by atoms with Gasteiger partial charge < -0.3 is 20.8 Å². The van der Waals surface area contributed by atoms with E-state index in [2.05, 4.69) is 0 Å². The molecule has 0 saturated heterocycles. The van der Waals surface area contributed by atoms with Crippen LogP contribution in [0.5, 0.6) is 0 Å². The van der Waals surface area contributed by atoms with Gasteiger partial charge in [0.25, 0.3) is 0 Å². The maximum Gasteiger partial charge on any atom is 0.335 e. The van der Waals surface area contributed by atoms with Crippen LogP contribution in [0.4, 0.5) is 14.5 Å². The van der Waals surface area contributed by atoms with E-state index in [-0.39, 0.29) is 30.6 Å². The van der Waals surface area contributed by atoms with E-state index in [4.69, 9.17) is 15.9 Å². The summed E-state index contributed by atoms with van der Waals surface area (Å²) in [4.78, 5) is 22.4. The number of halogens is 2. The van der Waals surface area contributed by atoms with Crippen LogP contribution in [-0.2, 0) is 4.79 Å². The van der Waals surface area contributed by atoms with Gasteiger partial charge in [-0.3, -0.25) is 0 Å².